The molecule has 7 heteroatoms. The molecule has 136 valence electrons. The Morgan fingerprint density at radius 1 is 1.20 bits per heavy atom. The quantitative estimate of drug-likeness (QED) is 0.799. The highest BCUT2D eigenvalue weighted by Gasteiger charge is 2.39. The predicted octanol–water partition coefficient (Wildman–Crippen LogP) is 2.49. The zero-order valence-electron chi connectivity index (χ0n) is 15.9. The number of hydrogen-bond acceptors (Lipinski definition) is 4. The van der Waals surface area contributed by atoms with Gasteiger partial charge in [0.15, 0.2) is 0 Å². The van der Waals surface area contributed by atoms with Crippen molar-refractivity contribution in [3.05, 3.63) is 36.0 Å². The van der Waals surface area contributed by atoms with Gasteiger partial charge in [-0.25, -0.2) is 9.48 Å². The summed E-state index contributed by atoms with van der Waals surface area (Å²) in [5.74, 6) is -1.02. The van der Waals surface area contributed by atoms with Crippen LogP contribution >= 0.6 is 0 Å². The minimum Gasteiger partial charge on any atom is -0.480 e. The predicted molar refractivity (Wildman–Crippen MR) is 102 cm³/mol. The van der Waals surface area contributed by atoms with Crippen LogP contribution in [0.3, 0.4) is 0 Å². The summed E-state index contributed by atoms with van der Waals surface area (Å²) < 4.78 is 1.72. The molecule has 0 spiro atoms. The molecule has 0 amide bonds. The SMILES string of the molecule is CC(C)(C)CC(N)(C(=O)O)c1ccc(-n2cc([Si](C)(C)C)nn2)cc1. The number of nitrogens with two attached hydrogens (primary N) is 1. The van der Waals surface area contributed by atoms with E-state index in [0.29, 0.717) is 12.0 Å². The van der Waals surface area contributed by atoms with Crippen LogP contribution in [0.5, 0.6) is 0 Å². The lowest BCUT2D eigenvalue weighted by Gasteiger charge is -2.32. The van der Waals surface area contributed by atoms with Crippen molar-refractivity contribution in [2.75, 3.05) is 0 Å². The molecule has 0 saturated carbocycles. The van der Waals surface area contributed by atoms with Gasteiger partial charge in [-0.2, -0.15) is 0 Å². The molecule has 0 aliphatic carbocycles. The summed E-state index contributed by atoms with van der Waals surface area (Å²) in [6.45, 7) is 12.6. The van der Waals surface area contributed by atoms with Crippen LogP contribution in [0.1, 0.15) is 32.8 Å². The molecule has 1 aromatic carbocycles. The van der Waals surface area contributed by atoms with E-state index in [9.17, 15) is 9.90 Å². The molecular formula is C18H28N4O2Si. The van der Waals surface area contributed by atoms with Crippen LogP contribution in [0.2, 0.25) is 19.6 Å². The number of carbonyl (C=O) groups is 1. The first kappa shape index (κ1) is 19.3. The van der Waals surface area contributed by atoms with Crippen molar-refractivity contribution in [1.82, 2.24) is 15.0 Å². The summed E-state index contributed by atoms with van der Waals surface area (Å²) >= 11 is 0. The lowest BCUT2D eigenvalue weighted by molar-refractivity contribution is -0.145. The minimum absolute atomic E-state index is 0.204. The number of rotatable bonds is 5. The van der Waals surface area contributed by atoms with Crippen molar-refractivity contribution >= 4 is 19.4 Å². The fraction of sp³-hybridized carbons (Fsp3) is 0.500. The standard InChI is InChI=1S/C18H28N4O2Si/c1-17(2,3)12-18(19,16(23)24)13-7-9-14(10-8-13)22-11-15(20-21-22)25(4,5)6/h7-11H,12,19H2,1-6H3,(H,23,24). The highest BCUT2D eigenvalue weighted by atomic mass is 28.3. The van der Waals surface area contributed by atoms with E-state index in [2.05, 4.69) is 30.0 Å². The number of hydrogen-bond donors (Lipinski definition) is 2. The van der Waals surface area contributed by atoms with Gasteiger partial charge in [0.05, 0.1) is 11.0 Å². The summed E-state index contributed by atoms with van der Waals surface area (Å²) in [4.78, 5) is 11.8. The molecule has 0 aliphatic heterocycles. The van der Waals surface area contributed by atoms with Crippen molar-refractivity contribution in [3.8, 4) is 5.69 Å². The Bertz CT molecular complexity index is 757. The monoisotopic (exact) mass is 360 g/mol. The average Bonchev–Trinajstić information content (AvgIpc) is 2.95. The van der Waals surface area contributed by atoms with Crippen LogP contribution in [-0.4, -0.2) is 34.1 Å². The molecule has 3 N–H and O–H groups in total. The highest BCUT2D eigenvalue weighted by Crippen LogP contribution is 2.33. The molecule has 2 rings (SSSR count). The zero-order chi connectivity index (χ0) is 19.0. The van der Waals surface area contributed by atoms with Crippen LogP contribution in [0.15, 0.2) is 30.5 Å². The Balaban J connectivity index is 2.35. The van der Waals surface area contributed by atoms with E-state index in [1.165, 1.54) is 0 Å². The lowest BCUT2D eigenvalue weighted by Crippen LogP contribution is -2.47. The van der Waals surface area contributed by atoms with Gasteiger partial charge in [-0.15, -0.1) is 5.10 Å². The summed E-state index contributed by atoms with van der Waals surface area (Å²) in [6.07, 6.45) is 2.29. The molecular weight excluding hydrogens is 332 g/mol. The number of carboxylic acids is 1. The third kappa shape index (κ3) is 4.35. The molecule has 6 nitrogen and oxygen atoms in total. The van der Waals surface area contributed by atoms with Crippen molar-refractivity contribution in [3.63, 3.8) is 0 Å². The van der Waals surface area contributed by atoms with E-state index >= 15 is 0 Å². The van der Waals surface area contributed by atoms with Crippen molar-refractivity contribution < 1.29 is 9.90 Å². The first-order chi connectivity index (χ1) is 11.3. The van der Waals surface area contributed by atoms with Crippen LogP contribution in [0.4, 0.5) is 0 Å². The molecule has 0 aliphatic rings. The first-order valence-corrected chi connectivity index (χ1v) is 11.9. The maximum atomic E-state index is 11.8. The van der Waals surface area contributed by atoms with Gasteiger partial charge in [-0.3, -0.25) is 0 Å². The van der Waals surface area contributed by atoms with E-state index in [0.717, 1.165) is 11.0 Å². The van der Waals surface area contributed by atoms with Crippen LogP contribution in [-0.2, 0) is 10.3 Å². The molecule has 1 aromatic heterocycles. The van der Waals surface area contributed by atoms with Gasteiger partial charge in [0.25, 0.3) is 0 Å². The average molecular weight is 361 g/mol. The number of carboxylic acid groups (broad SMARTS) is 1. The molecule has 1 heterocycles. The maximum Gasteiger partial charge on any atom is 0.328 e. The highest BCUT2D eigenvalue weighted by molar-refractivity contribution is 6.88. The minimum atomic E-state index is -1.52. The summed E-state index contributed by atoms with van der Waals surface area (Å²) in [6, 6.07) is 7.21. The second-order valence-electron chi connectivity index (χ2n) is 8.86. The van der Waals surface area contributed by atoms with E-state index in [1.54, 1.807) is 16.8 Å². The molecule has 1 unspecified atom stereocenters. The topological polar surface area (TPSA) is 94.0 Å². The van der Waals surface area contributed by atoms with Gasteiger partial charge in [-0.1, -0.05) is 57.8 Å². The summed E-state index contributed by atoms with van der Waals surface area (Å²) in [5, 5.41) is 19.2. The Labute approximate surface area is 150 Å². The third-order valence-electron chi connectivity index (χ3n) is 4.10. The van der Waals surface area contributed by atoms with E-state index in [1.807, 2.05) is 39.1 Å². The largest absolute Gasteiger partial charge is 0.480 e. The van der Waals surface area contributed by atoms with Crippen molar-refractivity contribution in [2.45, 2.75) is 52.4 Å². The molecule has 0 saturated heterocycles. The zero-order valence-corrected chi connectivity index (χ0v) is 16.9. The van der Waals surface area contributed by atoms with Crippen LogP contribution < -0.4 is 11.1 Å². The van der Waals surface area contributed by atoms with Gasteiger partial charge < -0.3 is 10.8 Å². The molecule has 0 fully saturated rings. The van der Waals surface area contributed by atoms with Gasteiger partial charge in [0, 0.05) is 6.20 Å². The van der Waals surface area contributed by atoms with Gasteiger partial charge in [0.1, 0.15) is 13.6 Å². The van der Waals surface area contributed by atoms with Crippen molar-refractivity contribution in [2.24, 2.45) is 11.1 Å². The molecule has 0 bridgehead atoms. The van der Waals surface area contributed by atoms with Crippen molar-refractivity contribution in [1.29, 1.82) is 0 Å². The smallest absolute Gasteiger partial charge is 0.328 e. The Hall–Kier alpha value is -1.99. The first-order valence-electron chi connectivity index (χ1n) is 8.39. The van der Waals surface area contributed by atoms with Crippen LogP contribution in [0.25, 0.3) is 5.69 Å². The van der Waals surface area contributed by atoms with E-state index in [4.69, 9.17) is 5.73 Å². The number of benzene rings is 1. The Morgan fingerprint density at radius 2 is 1.76 bits per heavy atom. The summed E-state index contributed by atoms with van der Waals surface area (Å²) in [7, 11) is -1.52. The van der Waals surface area contributed by atoms with E-state index < -0.39 is 19.6 Å². The van der Waals surface area contributed by atoms with Gasteiger partial charge in [0.2, 0.25) is 0 Å². The fourth-order valence-electron chi connectivity index (χ4n) is 2.78. The Morgan fingerprint density at radius 3 is 2.16 bits per heavy atom. The number of nitrogens with zero attached hydrogens (tertiary/aromatic N) is 3. The number of aromatic nitrogens is 3. The fourth-order valence-corrected chi connectivity index (χ4v) is 3.64. The molecule has 1 atom stereocenters. The normalized spacial score (nSPS) is 15.0. The van der Waals surface area contributed by atoms with Gasteiger partial charge in [-0.05, 0) is 29.5 Å². The number of aliphatic carboxylic acids is 1. The Kier molecular flexibility index (Phi) is 4.94. The van der Waals surface area contributed by atoms with Gasteiger partial charge >= 0.3 is 5.97 Å². The maximum absolute atomic E-state index is 11.8. The summed E-state index contributed by atoms with van der Waals surface area (Å²) in [5.41, 5.74) is 6.08. The third-order valence-corrected chi connectivity index (χ3v) is 5.87. The molecule has 0 radical (unpaired) electrons. The second kappa shape index (κ2) is 6.38. The molecule has 25 heavy (non-hydrogen) atoms. The molecule has 2 aromatic rings. The van der Waals surface area contributed by atoms with E-state index in [-0.39, 0.29) is 5.41 Å². The second-order valence-corrected chi connectivity index (χ2v) is 13.9. The van der Waals surface area contributed by atoms with Crippen LogP contribution in [0, 0.1) is 5.41 Å². The lowest BCUT2D eigenvalue weighted by atomic mass is 9.76.